The SMILES string of the molecule is CC1CCCCN1C(=O)c1cc(Cl)c(C#N)c(Cl)c1. The average Bonchev–Trinajstić information content (AvgIpc) is 2.38. The van der Waals surface area contributed by atoms with Gasteiger partial charge in [-0.05, 0) is 38.3 Å². The van der Waals surface area contributed by atoms with E-state index < -0.39 is 0 Å². The van der Waals surface area contributed by atoms with Gasteiger partial charge in [-0.3, -0.25) is 4.79 Å². The van der Waals surface area contributed by atoms with Crippen molar-refractivity contribution in [3.8, 4) is 6.07 Å². The summed E-state index contributed by atoms with van der Waals surface area (Å²) in [5.74, 6) is -0.0690. The zero-order valence-corrected chi connectivity index (χ0v) is 12.1. The fourth-order valence-electron chi connectivity index (χ4n) is 2.37. The van der Waals surface area contributed by atoms with Crippen LogP contribution in [-0.4, -0.2) is 23.4 Å². The number of benzene rings is 1. The smallest absolute Gasteiger partial charge is 0.254 e. The predicted molar refractivity (Wildman–Crippen MR) is 75.5 cm³/mol. The Morgan fingerprint density at radius 3 is 2.53 bits per heavy atom. The number of hydrogen-bond donors (Lipinski definition) is 0. The molecule has 1 unspecified atom stereocenters. The number of likely N-dealkylation sites (tertiary alicyclic amines) is 1. The minimum Gasteiger partial charge on any atom is -0.336 e. The van der Waals surface area contributed by atoms with Crippen molar-refractivity contribution < 1.29 is 4.79 Å². The number of carbonyl (C=O) groups excluding carboxylic acids is 1. The molecule has 1 heterocycles. The summed E-state index contributed by atoms with van der Waals surface area (Å²) in [6.07, 6.45) is 3.19. The number of rotatable bonds is 1. The second kappa shape index (κ2) is 5.81. The molecule has 0 N–H and O–H groups in total. The number of carbonyl (C=O) groups is 1. The molecule has 0 aromatic heterocycles. The summed E-state index contributed by atoms with van der Waals surface area (Å²) in [6.45, 7) is 2.80. The van der Waals surface area contributed by atoms with Crippen molar-refractivity contribution in [2.45, 2.75) is 32.2 Å². The number of nitrogens with zero attached hydrogens (tertiary/aromatic N) is 2. The zero-order valence-electron chi connectivity index (χ0n) is 10.6. The summed E-state index contributed by atoms with van der Waals surface area (Å²) in [5, 5.41) is 9.36. The number of nitriles is 1. The molecule has 1 saturated heterocycles. The highest BCUT2D eigenvalue weighted by molar-refractivity contribution is 6.37. The topological polar surface area (TPSA) is 44.1 Å². The second-order valence-corrected chi connectivity index (χ2v) is 5.58. The lowest BCUT2D eigenvalue weighted by molar-refractivity contribution is 0.0635. The van der Waals surface area contributed by atoms with Crippen LogP contribution in [0.1, 0.15) is 42.1 Å². The van der Waals surface area contributed by atoms with E-state index in [2.05, 4.69) is 0 Å². The average molecular weight is 297 g/mol. The molecule has 1 fully saturated rings. The van der Waals surface area contributed by atoms with Crippen molar-refractivity contribution >= 4 is 29.1 Å². The molecule has 1 aliphatic heterocycles. The van der Waals surface area contributed by atoms with Crippen LogP contribution in [0.15, 0.2) is 12.1 Å². The van der Waals surface area contributed by atoms with Gasteiger partial charge in [-0.2, -0.15) is 5.26 Å². The molecule has 0 aliphatic carbocycles. The van der Waals surface area contributed by atoms with E-state index >= 15 is 0 Å². The molecule has 2 rings (SSSR count). The Bertz CT molecular complexity index is 528. The minimum absolute atomic E-state index is 0.0690. The minimum atomic E-state index is -0.0690. The van der Waals surface area contributed by atoms with Gasteiger partial charge in [0.15, 0.2) is 0 Å². The van der Waals surface area contributed by atoms with Crippen LogP contribution in [0.3, 0.4) is 0 Å². The second-order valence-electron chi connectivity index (χ2n) is 4.77. The molecule has 1 aliphatic rings. The Labute approximate surface area is 122 Å². The van der Waals surface area contributed by atoms with Gasteiger partial charge < -0.3 is 4.90 Å². The first kappa shape index (κ1) is 14.2. The van der Waals surface area contributed by atoms with E-state index in [0.717, 1.165) is 25.8 Å². The summed E-state index contributed by atoms with van der Waals surface area (Å²) in [6, 6.07) is 5.21. The normalized spacial score (nSPS) is 19.1. The number of hydrogen-bond acceptors (Lipinski definition) is 2. The highest BCUT2D eigenvalue weighted by atomic mass is 35.5. The summed E-state index contributed by atoms with van der Waals surface area (Å²) < 4.78 is 0. The molecule has 100 valence electrons. The zero-order chi connectivity index (χ0) is 14.0. The third-order valence-corrected chi connectivity index (χ3v) is 4.06. The molecule has 1 amide bonds. The lowest BCUT2D eigenvalue weighted by Crippen LogP contribution is -2.42. The Morgan fingerprint density at radius 1 is 1.37 bits per heavy atom. The Kier molecular flexibility index (Phi) is 4.34. The first-order valence-electron chi connectivity index (χ1n) is 6.24. The molecule has 19 heavy (non-hydrogen) atoms. The van der Waals surface area contributed by atoms with Gasteiger partial charge in [0.25, 0.3) is 5.91 Å². The Hall–Kier alpha value is -1.24. The Balaban J connectivity index is 2.32. The quantitative estimate of drug-likeness (QED) is 0.789. The van der Waals surface area contributed by atoms with Gasteiger partial charge in [-0.25, -0.2) is 0 Å². The third-order valence-electron chi connectivity index (χ3n) is 3.46. The van der Waals surface area contributed by atoms with Gasteiger partial charge in [0.1, 0.15) is 6.07 Å². The van der Waals surface area contributed by atoms with Crippen LogP contribution in [0.25, 0.3) is 0 Å². The van der Waals surface area contributed by atoms with Crippen LogP contribution in [-0.2, 0) is 0 Å². The molecule has 0 bridgehead atoms. The maximum atomic E-state index is 12.4. The van der Waals surface area contributed by atoms with Crippen molar-refractivity contribution in [2.24, 2.45) is 0 Å². The lowest BCUT2D eigenvalue weighted by Gasteiger charge is -2.33. The molecule has 5 heteroatoms. The number of piperidine rings is 1. The van der Waals surface area contributed by atoms with Crippen LogP contribution in [0.5, 0.6) is 0 Å². The van der Waals surface area contributed by atoms with Crippen LogP contribution < -0.4 is 0 Å². The van der Waals surface area contributed by atoms with Gasteiger partial charge in [-0.15, -0.1) is 0 Å². The lowest BCUT2D eigenvalue weighted by atomic mass is 10.0. The van der Waals surface area contributed by atoms with Gasteiger partial charge in [0.05, 0.1) is 15.6 Å². The summed E-state index contributed by atoms with van der Waals surface area (Å²) in [4.78, 5) is 14.3. The summed E-state index contributed by atoms with van der Waals surface area (Å²) in [5.41, 5.74) is 0.661. The van der Waals surface area contributed by atoms with Crippen molar-refractivity contribution in [2.75, 3.05) is 6.54 Å². The van der Waals surface area contributed by atoms with Gasteiger partial charge in [0, 0.05) is 18.2 Å². The predicted octanol–water partition coefficient (Wildman–Crippen LogP) is 3.88. The fraction of sp³-hybridized carbons (Fsp3) is 0.429. The van der Waals surface area contributed by atoms with Crippen LogP contribution in [0.4, 0.5) is 0 Å². The molecular weight excluding hydrogens is 283 g/mol. The molecule has 0 saturated carbocycles. The van der Waals surface area contributed by atoms with E-state index in [4.69, 9.17) is 28.5 Å². The standard InChI is InChI=1S/C14H14Cl2N2O/c1-9-4-2-3-5-18(9)14(19)10-6-12(15)11(8-17)13(16)7-10/h6-7,9H,2-5H2,1H3. The first-order valence-corrected chi connectivity index (χ1v) is 7.00. The van der Waals surface area contributed by atoms with Crippen LogP contribution in [0, 0.1) is 11.3 Å². The fourth-order valence-corrected chi connectivity index (χ4v) is 2.94. The van der Waals surface area contributed by atoms with E-state index in [1.165, 1.54) is 12.1 Å². The largest absolute Gasteiger partial charge is 0.336 e. The number of amides is 1. The summed E-state index contributed by atoms with van der Waals surface area (Å²) >= 11 is 12.0. The van der Waals surface area contributed by atoms with E-state index in [1.807, 2.05) is 17.9 Å². The molecule has 1 atom stereocenters. The number of halogens is 2. The maximum Gasteiger partial charge on any atom is 0.254 e. The monoisotopic (exact) mass is 296 g/mol. The van der Waals surface area contributed by atoms with Crippen LogP contribution in [0.2, 0.25) is 10.0 Å². The molecular formula is C14H14Cl2N2O. The first-order chi connectivity index (χ1) is 9.04. The van der Waals surface area contributed by atoms with Crippen molar-refractivity contribution in [1.82, 2.24) is 4.90 Å². The van der Waals surface area contributed by atoms with Crippen molar-refractivity contribution in [1.29, 1.82) is 5.26 Å². The Morgan fingerprint density at radius 2 is 2.00 bits per heavy atom. The third kappa shape index (κ3) is 2.86. The molecule has 0 radical (unpaired) electrons. The maximum absolute atomic E-state index is 12.4. The summed E-state index contributed by atoms with van der Waals surface area (Å²) in [7, 11) is 0. The van der Waals surface area contributed by atoms with E-state index in [-0.39, 0.29) is 27.6 Å². The highest BCUT2D eigenvalue weighted by Gasteiger charge is 2.25. The highest BCUT2D eigenvalue weighted by Crippen LogP contribution is 2.27. The van der Waals surface area contributed by atoms with Gasteiger partial charge in [-0.1, -0.05) is 23.2 Å². The molecule has 1 aromatic carbocycles. The molecule has 1 aromatic rings. The van der Waals surface area contributed by atoms with Crippen molar-refractivity contribution in [3.05, 3.63) is 33.3 Å². The van der Waals surface area contributed by atoms with Gasteiger partial charge in [0.2, 0.25) is 0 Å². The molecule has 3 nitrogen and oxygen atoms in total. The van der Waals surface area contributed by atoms with Crippen LogP contribution >= 0.6 is 23.2 Å². The van der Waals surface area contributed by atoms with E-state index in [0.29, 0.717) is 5.56 Å². The molecule has 0 spiro atoms. The van der Waals surface area contributed by atoms with E-state index in [1.54, 1.807) is 0 Å². The van der Waals surface area contributed by atoms with Gasteiger partial charge >= 0.3 is 0 Å². The van der Waals surface area contributed by atoms with E-state index in [9.17, 15) is 4.79 Å². The van der Waals surface area contributed by atoms with Crippen molar-refractivity contribution in [3.63, 3.8) is 0 Å².